The van der Waals surface area contributed by atoms with E-state index in [2.05, 4.69) is 11.6 Å². The van der Waals surface area contributed by atoms with E-state index in [0.717, 1.165) is 11.1 Å². The molecular formula is C19H18N2O3S2. The van der Waals surface area contributed by atoms with Gasteiger partial charge in [0, 0.05) is 17.5 Å². The van der Waals surface area contributed by atoms with Crippen LogP contribution in [-0.2, 0) is 16.1 Å². The van der Waals surface area contributed by atoms with Crippen molar-refractivity contribution in [3.8, 4) is 11.1 Å². The molecule has 0 N–H and O–H groups in total. The summed E-state index contributed by atoms with van der Waals surface area (Å²) < 4.78 is 6.33. The Balaban J connectivity index is 2.17. The number of fused-ring (bicyclic) bond motifs is 1. The molecule has 5 nitrogen and oxygen atoms in total. The molecule has 0 radical (unpaired) electrons. The second-order valence-electron chi connectivity index (χ2n) is 5.58. The van der Waals surface area contributed by atoms with Gasteiger partial charge in [0.2, 0.25) is 0 Å². The van der Waals surface area contributed by atoms with E-state index in [1.165, 1.54) is 30.2 Å². The number of aromatic nitrogens is 2. The van der Waals surface area contributed by atoms with Crippen molar-refractivity contribution in [1.29, 1.82) is 0 Å². The topological polar surface area (TPSA) is 61.2 Å². The van der Waals surface area contributed by atoms with E-state index in [4.69, 9.17) is 4.74 Å². The van der Waals surface area contributed by atoms with Gasteiger partial charge in [-0.3, -0.25) is 14.2 Å². The summed E-state index contributed by atoms with van der Waals surface area (Å²) in [4.78, 5) is 30.2. The fraction of sp³-hybridized carbons (Fsp3) is 0.211. The normalized spacial score (nSPS) is 12.1. The van der Waals surface area contributed by atoms with E-state index in [-0.39, 0.29) is 11.5 Å². The summed E-state index contributed by atoms with van der Waals surface area (Å²) in [6.45, 7) is 5.78. The quantitative estimate of drug-likeness (QED) is 0.278. The van der Waals surface area contributed by atoms with Gasteiger partial charge in [-0.2, -0.15) is 0 Å². The minimum absolute atomic E-state index is 0.130. The zero-order valence-corrected chi connectivity index (χ0v) is 16.1. The van der Waals surface area contributed by atoms with Gasteiger partial charge < -0.3 is 4.74 Å². The SMILES string of the molecule is C=CCn1c(SC(C)C(=O)OC)nc2scc(-c3ccccc3)c2c1=O. The van der Waals surface area contributed by atoms with Crippen molar-refractivity contribution in [2.75, 3.05) is 7.11 Å². The van der Waals surface area contributed by atoms with Crippen LogP contribution in [0.15, 0.2) is 58.3 Å². The molecule has 1 atom stereocenters. The molecule has 7 heteroatoms. The number of hydrogen-bond acceptors (Lipinski definition) is 6. The molecule has 3 rings (SSSR count). The number of ether oxygens (including phenoxy) is 1. The third-order valence-electron chi connectivity index (χ3n) is 3.87. The number of nitrogens with zero attached hydrogens (tertiary/aromatic N) is 2. The Morgan fingerprint density at radius 3 is 2.81 bits per heavy atom. The van der Waals surface area contributed by atoms with Crippen molar-refractivity contribution in [2.45, 2.75) is 23.9 Å². The first-order valence-electron chi connectivity index (χ1n) is 7.99. The summed E-state index contributed by atoms with van der Waals surface area (Å²) in [6.07, 6.45) is 1.65. The monoisotopic (exact) mass is 386 g/mol. The first kappa shape index (κ1) is 18.4. The van der Waals surface area contributed by atoms with Crippen molar-refractivity contribution in [3.63, 3.8) is 0 Å². The lowest BCUT2D eigenvalue weighted by Gasteiger charge is -2.13. The molecular weight excluding hydrogens is 368 g/mol. The van der Waals surface area contributed by atoms with E-state index in [1.807, 2.05) is 35.7 Å². The lowest BCUT2D eigenvalue weighted by Crippen LogP contribution is -2.24. The van der Waals surface area contributed by atoms with Gasteiger partial charge in [0.1, 0.15) is 10.1 Å². The minimum atomic E-state index is -0.464. The maximum atomic E-state index is 13.2. The Morgan fingerprint density at radius 1 is 1.42 bits per heavy atom. The Bertz CT molecular complexity index is 1010. The molecule has 0 spiro atoms. The number of methoxy groups -OCH3 is 1. The predicted octanol–water partition coefficient (Wildman–Crippen LogP) is 3.96. The molecule has 2 aromatic heterocycles. The number of thiophene rings is 1. The molecule has 0 amide bonds. The van der Waals surface area contributed by atoms with Crippen LogP contribution >= 0.6 is 23.1 Å². The highest BCUT2D eigenvalue weighted by molar-refractivity contribution is 8.00. The summed E-state index contributed by atoms with van der Waals surface area (Å²) in [5.74, 6) is -0.356. The Hall–Kier alpha value is -2.38. The van der Waals surface area contributed by atoms with Crippen LogP contribution in [0.4, 0.5) is 0 Å². The molecule has 134 valence electrons. The zero-order valence-electron chi connectivity index (χ0n) is 14.5. The van der Waals surface area contributed by atoms with Crippen molar-refractivity contribution >= 4 is 39.3 Å². The molecule has 3 aromatic rings. The third-order valence-corrected chi connectivity index (χ3v) is 5.81. The van der Waals surface area contributed by atoms with Crippen LogP contribution in [0.5, 0.6) is 0 Å². The highest BCUT2D eigenvalue weighted by atomic mass is 32.2. The average molecular weight is 386 g/mol. The van der Waals surface area contributed by atoms with Gasteiger partial charge in [-0.05, 0) is 12.5 Å². The summed E-state index contributed by atoms with van der Waals surface area (Å²) in [6, 6.07) is 9.77. The van der Waals surface area contributed by atoms with Gasteiger partial charge in [-0.15, -0.1) is 17.9 Å². The van der Waals surface area contributed by atoms with E-state index in [9.17, 15) is 9.59 Å². The third kappa shape index (κ3) is 3.45. The number of esters is 1. The number of thioether (sulfide) groups is 1. The highest BCUT2D eigenvalue weighted by Gasteiger charge is 2.21. The molecule has 0 aliphatic rings. The molecule has 0 saturated carbocycles. The van der Waals surface area contributed by atoms with E-state index in [0.29, 0.717) is 21.9 Å². The predicted molar refractivity (Wildman–Crippen MR) is 107 cm³/mol. The summed E-state index contributed by atoms with van der Waals surface area (Å²) >= 11 is 2.64. The number of hydrogen-bond donors (Lipinski definition) is 0. The molecule has 1 unspecified atom stereocenters. The number of carbonyl (C=O) groups excluding carboxylic acids is 1. The Kier molecular flexibility index (Phi) is 5.58. The lowest BCUT2D eigenvalue weighted by atomic mass is 10.1. The minimum Gasteiger partial charge on any atom is -0.468 e. The average Bonchev–Trinajstić information content (AvgIpc) is 3.09. The van der Waals surface area contributed by atoms with Gasteiger partial charge >= 0.3 is 5.97 Å². The molecule has 0 aliphatic heterocycles. The second kappa shape index (κ2) is 7.88. The molecule has 0 bridgehead atoms. The fourth-order valence-electron chi connectivity index (χ4n) is 2.59. The molecule has 0 saturated heterocycles. The maximum absolute atomic E-state index is 13.2. The Morgan fingerprint density at radius 2 is 2.15 bits per heavy atom. The molecule has 2 heterocycles. The van der Waals surface area contributed by atoms with Crippen LogP contribution in [0.1, 0.15) is 6.92 Å². The van der Waals surface area contributed by atoms with Crippen LogP contribution in [-0.4, -0.2) is 27.9 Å². The zero-order chi connectivity index (χ0) is 18.7. The molecule has 0 aliphatic carbocycles. The lowest BCUT2D eigenvalue weighted by molar-refractivity contribution is -0.139. The number of carbonyl (C=O) groups is 1. The van der Waals surface area contributed by atoms with Gasteiger partial charge in [0.05, 0.1) is 12.5 Å². The summed E-state index contributed by atoms with van der Waals surface area (Å²) in [5, 5.41) is 2.57. The van der Waals surface area contributed by atoms with Crippen LogP contribution in [0, 0.1) is 0 Å². The van der Waals surface area contributed by atoms with Crippen molar-refractivity contribution in [3.05, 3.63) is 58.7 Å². The molecule has 0 fully saturated rings. The van der Waals surface area contributed by atoms with Crippen molar-refractivity contribution < 1.29 is 9.53 Å². The summed E-state index contributed by atoms with van der Waals surface area (Å²) in [7, 11) is 1.35. The highest BCUT2D eigenvalue weighted by Crippen LogP contribution is 2.32. The van der Waals surface area contributed by atoms with Crippen LogP contribution < -0.4 is 5.56 Å². The second-order valence-corrected chi connectivity index (χ2v) is 7.74. The fourth-order valence-corrected chi connectivity index (χ4v) is 4.52. The first-order chi connectivity index (χ1) is 12.6. The standard InChI is InChI=1S/C19H18N2O3S2/c1-4-10-21-17(22)15-14(13-8-6-5-7-9-13)11-25-16(15)20-19(21)26-12(2)18(23)24-3/h4-9,11-12H,1,10H2,2-3H3. The van der Waals surface area contributed by atoms with Crippen molar-refractivity contribution in [1.82, 2.24) is 9.55 Å². The van der Waals surface area contributed by atoms with E-state index < -0.39 is 5.25 Å². The number of benzene rings is 1. The van der Waals surface area contributed by atoms with Crippen LogP contribution in [0.3, 0.4) is 0 Å². The number of rotatable bonds is 6. The van der Waals surface area contributed by atoms with Gasteiger partial charge in [0.15, 0.2) is 5.16 Å². The van der Waals surface area contributed by atoms with Gasteiger partial charge in [0.25, 0.3) is 5.56 Å². The maximum Gasteiger partial charge on any atom is 0.318 e. The van der Waals surface area contributed by atoms with E-state index in [1.54, 1.807) is 17.6 Å². The van der Waals surface area contributed by atoms with Crippen molar-refractivity contribution in [2.24, 2.45) is 0 Å². The van der Waals surface area contributed by atoms with E-state index >= 15 is 0 Å². The van der Waals surface area contributed by atoms with Gasteiger partial charge in [-0.25, -0.2) is 4.98 Å². The summed E-state index contributed by atoms with van der Waals surface area (Å²) in [5.41, 5.74) is 1.72. The van der Waals surface area contributed by atoms with Crippen LogP contribution in [0.2, 0.25) is 0 Å². The first-order valence-corrected chi connectivity index (χ1v) is 9.75. The molecule has 1 aromatic carbocycles. The largest absolute Gasteiger partial charge is 0.468 e. The molecule has 26 heavy (non-hydrogen) atoms. The smallest absolute Gasteiger partial charge is 0.318 e. The van der Waals surface area contributed by atoms with Gasteiger partial charge in [-0.1, -0.05) is 48.2 Å². The van der Waals surface area contributed by atoms with Crippen LogP contribution in [0.25, 0.3) is 21.3 Å². The number of allylic oxidation sites excluding steroid dienone is 1. The Labute approximate surface area is 159 Å².